The first-order chi connectivity index (χ1) is 12.7. The van der Waals surface area contributed by atoms with Crippen molar-refractivity contribution in [2.45, 2.75) is 39.3 Å². The van der Waals surface area contributed by atoms with Crippen molar-refractivity contribution in [3.63, 3.8) is 0 Å². The third-order valence-electron chi connectivity index (χ3n) is 4.18. The molecule has 1 aliphatic carbocycles. The van der Waals surface area contributed by atoms with Gasteiger partial charge in [0.15, 0.2) is 0 Å². The first-order valence-corrected chi connectivity index (χ1v) is 10.0. The van der Waals surface area contributed by atoms with E-state index < -0.39 is 0 Å². The van der Waals surface area contributed by atoms with Crippen LogP contribution < -0.4 is 14.8 Å². The normalized spacial score (nSPS) is 13.7. The van der Waals surface area contributed by atoms with Crippen LogP contribution in [0.15, 0.2) is 35.7 Å². The molecule has 0 aliphatic heterocycles. The Morgan fingerprint density at radius 2 is 2.04 bits per heavy atom. The summed E-state index contributed by atoms with van der Waals surface area (Å²) < 4.78 is 11.2. The van der Waals surface area contributed by atoms with Gasteiger partial charge in [-0.3, -0.25) is 9.69 Å². The number of ether oxygens (including phenoxy) is 2. The lowest BCUT2D eigenvalue weighted by Crippen LogP contribution is -2.34. The van der Waals surface area contributed by atoms with E-state index in [0.717, 1.165) is 12.3 Å². The van der Waals surface area contributed by atoms with Crippen LogP contribution in [0.5, 0.6) is 11.5 Å². The maximum Gasteiger partial charge on any atom is 0.238 e. The van der Waals surface area contributed by atoms with Gasteiger partial charge in [0.2, 0.25) is 5.91 Å². The molecule has 0 bridgehead atoms. The molecule has 1 aromatic heterocycles. The van der Waals surface area contributed by atoms with E-state index in [2.05, 4.69) is 27.7 Å². The van der Waals surface area contributed by atoms with Crippen molar-refractivity contribution < 1.29 is 14.3 Å². The Morgan fingerprint density at radius 1 is 1.23 bits per heavy atom. The Hall–Kier alpha value is -2.05. The largest absolute Gasteiger partial charge is 0.494 e. The molecule has 3 rings (SSSR count). The smallest absolute Gasteiger partial charge is 0.238 e. The highest BCUT2D eigenvalue weighted by Gasteiger charge is 2.30. The van der Waals surface area contributed by atoms with Crippen LogP contribution in [-0.4, -0.2) is 36.6 Å². The number of hydrogen-bond acceptors (Lipinski definition) is 5. The second-order valence-electron chi connectivity index (χ2n) is 6.29. The fraction of sp³-hybridized carbons (Fsp3) is 0.450. The van der Waals surface area contributed by atoms with Gasteiger partial charge in [0.05, 0.1) is 25.4 Å². The summed E-state index contributed by atoms with van der Waals surface area (Å²) in [5, 5.41) is 5.08. The van der Waals surface area contributed by atoms with Gasteiger partial charge < -0.3 is 14.8 Å². The van der Waals surface area contributed by atoms with Gasteiger partial charge in [0.1, 0.15) is 11.5 Å². The molecule has 1 saturated carbocycles. The SMILES string of the molecule is CCOc1ccc(OCC)c(NC(=O)CN(Cc2cccs2)C2CC2)c1. The van der Waals surface area contributed by atoms with E-state index in [9.17, 15) is 4.79 Å². The fourth-order valence-electron chi connectivity index (χ4n) is 2.88. The molecule has 0 spiro atoms. The van der Waals surface area contributed by atoms with Gasteiger partial charge in [-0.2, -0.15) is 0 Å². The zero-order valence-corrected chi connectivity index (χ0v) is 16.2. The van der Waals surface area contributed by atoms with Crippen molar-refractivity contribution in [1.29, 1.82) is 0 Å². The van der Waals surface area contributed by atoms with Crippen LogP contribution in [0, 0.1) is 0 Å². The molecule has 140 valence electrons. The van der Waals surface area contributed by atoms with Gasteiger partial charge in [-0.25, -0.2) is 0 Å². The fourth-order valence-corrected chi connectivity index (χ4v) is 3.60. The number of benzene rings is 1. The van der Waals surface area contributed by atoms with Crippen molar-refractivity contribution >= 4 is 22.9 Å². The molecule has 1 heterocycles. The van der Waals surface area contributed by atoms with Crippen LogP contribution in [0.4, 0.5) is 5.69 Å². The van der Waals surface area contributed by atoms with E-state index in [1.165, 1.54) is 17.7 Å². The summed E-state index contributed by atoms with van der Waals surface area (Å²) in [6.07, 6.45) is 2.34. The van der Waals surface area contributed by atoms with Crippen LogP contribution in [0.1, 0.15) is 31.6 Å². The molecule has 2 aromatic rings. The number of anilines is 1. The Balaban J connectivity index is 1.66. The maximum absolute atomic E-state index is 12.7. The number of hydrogen-bond donors (Lipinski definition) is 1. The number of amides is 1. The monoisotopic (exact) mass is 374 g/mol. The Kier molecular flexibility index (Phi) is 6.52. The molecule has 6 heteroatoms. The number of carbonyl (C=O) groups is 1. The highest BCUT2D eigenvalue weighted by atomic mass is 32.1. The van der Waals surface area contributed by atoms with Gasteiger partial charge in [0.25, 0.3) is 0 Å². The van der Waals surface area contributed by atoms with Gasteiger partial charge in [0, 0.05) is 23.5 Å². The summed E-state index contributed by atoms with van der Waals surface area (Å²) in [6.45, 7) is 6.20. The minimum Gasteiger partial charge on any atom is -0.494 e. The molecule has 0 radical (unpaired) electrons. The molecular formula is C20H26N2O3S. The number of nitrogens with one attached hydrogen (secondary N) is 1. The quantitative estimate of drug-likeness (QED) is 0.679. The molecule has 26 heavy (non-hydrogen) atoms. The lowest BCUT2D eigenvalue weighted by molar-refractivity contribution is -0.117. The van der Waals surface area contributed by atoms with Gasteiger partial charge >= 0.3 is 0 Å². The molecule has 1 N–H and O–H groups in total. The van der Waals surface area contributed by atoms with Crippen LogP contribution in [-0.2, 0) is 11.3 Å². The van der Waals surface area contributed by atoms with E-state index in [-0.39, 0.29) is 5.91 Å². The summed E-state index contributed by atoms with van der Waals surface area (Å²) in [7, 11) is 0. The summed E-state index contributed by atoms with van der Waals surface area (Å²) >= 11 is 1.73. The molecule has 1 fully saturated rings. The molecule has 1 aliphatic rings. The van der Waals surface area contributed by atoms with Crippen molar-refractivity contribution in [3.05, 3.63) is 40.6 Å². The minimum atomic E-state index is -0.0249. The van der Waals surface area contributed by atoms with E-state index >= 15 is 0 Å². The lowest BCUT2D eigenvalue weighted by atomic mass is 10.2. The highest BCUT2D eigenvalue weighted by molar-refractivity contribution is 7.09. The van der Waals surface area contributed by atoms with Gasteiger partial charge in [-0.15, -0.1) is 11.3 Å². The number of carbonyl (C=O) groups excluding carboxylic acids is 1. The Bertz CT molecular complexity index is 714. The van der Waals surface area contributed by atoms with Crippen LogP contribution in [0.25, 0.3) is 0 Å². The molecular weight excluding hydrogens is 348 g/mol. The van der Waals surface area contributed by atoms with Crippen molar-refractivity contribution in [2.24, 2.45) is 0 Å². The summed E-state index contributed by atoms with van der Waals surface area (Å²) in [5.74, 6) is 1.37. The molecule has 0 saturated heterocycles. The van der Waals surface area contributed by atoms with E-state index in [0.29, 0.717) is 37.2 Å². The summed E-state index contributed by atoms with van der Waals surface area (Å²) in [5.41, 5.74) is 0.662. The van der Waals surface area contributed by atoms with Gasteiger partial charge in [-0.05, 0) is 50.3 Å². The first-order valence-electron chi connectivity index (χ1n) is 9.15. The second kappa shape index (κ2) is 9.05. The van der Waals surface area contributed by atoms with E-state index in [1.807, 2.05) is 32.0 Å². The van der Waals surface area contributed by atoms with Crippen LogP contribution >= 0.6 is 11.3 Å². The van der Waals surface area contributed by atoms with Crippen molar-refractivity contribution in [3.8, 4) is 11.5 Å². The standard InChI is InChI=1S/C20H26N2O3S/c1-3-24-16-9-10-19(25-4-2)18(12-16)21-20(23)14-22(15-7-8-15)13-17-6-5-11-26-17/h5-6,9-12,15H,3-4,7-8,13-14H2,1-2H3,(H,21,23). The number of thiophene rings is 1. The van der Waals surface area contributed by atoms with E-state index in [4.69, 9.17) is 9.47 Å². The average Bonchev–Trinajstić information content (AvgIpc) is 3.34. The van der Waals surface area contributed by atoms with E-state index in [1.54, 1.807) is 11.3 Å². The molecule has 0 atom stereocenters. The molecule has 0 unspecified atom stereocenters. The van der Waals surface area contributed by atoms with Crippen molar-refractivity contribution in [1.82, 2.24) is 4.90 Å². The Morgan fingerprint density at radius 3 is 2.69 bits per heavy atom. The number of nitrogens with zero attached hydrogens (tertiary/aromatic N) is 1. The molecule has 1 amide bonds. The first kappa shape index (κ1) is 18.7. The summed E-state index contributed by atoms with van der Waals surface area (Å²) in [4.78, 5) is 16.2. The zero-order chi connectivity index (χ0) is 18.4. The van der Waals surface area contributed by atoms with Crippen LogP contribution in [0.2, 0.25) is 0 Å². The average molecular weight is 375 g/mol. The molecule has 1 aromatic carbocycles. The predicted octanol–water partition coefficient (Wildman–Crippen LogP) is 4.15. The third kappa shape index (κ3) is 5.22. The second-order valence-corrected chi connectivity index (χ2v) is 7.32. The third-order valence-corrected chi connectivity index (χ3v) is 5.05. The number of rotatable bonds is 10. The minimum absolute atomic E-state index is 0.0249. The lowest BCUT2D eigenvalue weighted by Gasteiger charge is -2.21. The summed E-state index contributed by atoms with van der Waals surface area (Å²) in [6, 6.07) is 10.2. The zero-order valence-electron chi connectivity index (χ0n) is 15.4. The predicted molar refractivity (Wildman–Crippen MR) is 105 cm³/mol. The van der Waals surface area contributed by atoms with Gasteiger partial charge in [-0.1, -0.05) is 6.07 Å². The Labute approximate surface area is 158 Å². The molecule has 5 nitrogen and oxygen atoms in total. The van der Waals surface area contributed by atoms with Crippen molar-refractivity contribution in [2.75, 3.05) is 25.1 Å². The topological polar surface area (TPSA) is 50.8 Å². The van der Waals surface area contributed by atoms with Crippen LogP contribution in [0.3, 0.4) is 0 Å². The maximum atomic E-state index is 12.7. The highest BCUT2D eigenvalue weighted by Crippen LogP contribution is 2.31.